The zero-order valence-corrected chi connectivity index (χ0v) is 11.4. The Labute approximate surface area is 110 Å². The van der Waals surface area contributed by atoms with E-state index in [1.807, 2.05) is 6.07 Å². The van der Waals surface area contributed by atoms with E-state index in [2.05, 4.69) is 34.4 Å². The molecule has 1 saturated carbocycles. The van der Waals surface area contributed by atoms with Crippen molar-refractivity contribution in [2.24, 2.45) is 11.8 Å². The van der Waals surface area contributed by atoms with Crippen LogP contribution < -0.4 is 10.6 Å². The average Bonchev–Trinajstić information content (AvgIpc) is 2.39. The van der Waals surface area contributed by atoms with Crippen molar-refractivity contribution in [1.29, 1.82) is 0 Å². The second-order valence-corrected chi connectivity index (χ2v) is 5.33. The second-order valence-electron chi connectivity index (χ2n) is 5.33. The minimum Gasteiger partial charge on any atom is -0.370 e. The molecule has 1 aliphatic rings. The molecule has 4 nitrogen and oxygen atoms in total. The van der Waals surface area contributed by atoms with Crippen LogP contribution in [0.15, 0.2) is 12.4 Å². The van der Waals surface area contributed by atoms with Crippen LogP contribution in [0.1, 0.15) is 39.5 Å². The van der Waals surface area contributed by atoms with Gasteiger partial charge in [-0.3, -0.25) is 0 Å². The summed E-state index contributed by atoms with van der Waals surface area (Å²) in [7, 11) is 0. The molecule has 2 rings (SSSR count). The van der Waals surface area contributed by atoms with Crippen LogP contribution in [0, 0.1) is 11.8 Å². The van der Waals surface area contributed by atoms with Crippen LogP contribution in [-0.4, -0.2) is 23.1 Å². The molecule has 0 bridgehead atoms. The molecular formula is C14H24N4. The average molecular weight is 248 g/mol. The van der Waals surface area contributed by atoms with Gasteiger partial charge in [-0.1, -0.05) is 19.8 Å². The molecule has 100 valence electrons. The van der Waals surface area contributed by atoms with Crippen LogP contribution in [0.2, 0.25) is 0 Å². The molecule has 4 heteroatoms. The summed E-state index contributed by atoms with van der Waals surface area (Å²) >= 11 is 0. The predicted molar refractivity (Wildman–Crippen MR) is 75.8 cm³/mol. The fraction of sp³-hybridized carbons (Fsp3) is 0.714. The van der Waals surface area contributed by atoms with Crippen molar-refractivity contribution in [1.82, 2.24) is 9.97 Å². The molecule has 0 saturated heterocycles. The summed E-state index contributed by atoms with van der Waals surface area (Å²) in [4.78, 5) is 8.43. The van der Waals surface area contributed by atoms with Crippen LogP contribution >= 0.6 is 0 Å². The third-order valence-electron chi connectivity index (χ3n) is 3.73. The Hall–Kier alpha value is -1.32. The first-order valence-electron chi connectivity index (χ1n) is 7.07. The number of nitrogens with zero attached hydrogens (tertiary/aromatic N) is 2. The van der Waals surface area contributed by atoms with Crippen LogP contribution in [0.5, 0.6) is 0 Å². The predicted octanol–water partition coefficient (Wildman–Crippen LogP) is 3.15. The van der Waals surface area contributed by atoms with E-state index in [0.29, 0.717) is 0 Å². The highest BCUT2D eigenvalue weighted by Gasteiger charge is 2.17. The summed E-state index contributed by atoms with van der Waals surface area (Å²) < 4.78 is 0. The number of hydrogen-bond donors (Lipinski definition) is 2. The van der Waals surface area contributed by atoms with Crippen molar-refractivity contribution in [2.45, 2.75) is 39.5 Å². The third kappa shape index (κ3) is 3.86. The van der Waals surface area contributed by atoms with E-state index in [1.165, 1.54) is 25.7 Å². The topological polar surface area (TPSA) is 49.8 Å². The molecule has 0 aromatic carbocycles. The number of nitrogens with one attached hydrogen (secondary N) is 2. The van der Waals surface area contributed by atoms with Crippen LogP contribution in [-0.2, 0) is 0 Å². The second kappa shape index (κ2) is 6.57. The summed E-state index contributed by atoms with van der Waals surface area (Å²) in [5.41, 5.74) is 0. The van der Waals surface area contributed by atoms with Gasteiger partial charge in [-0.25, -0.2) is 9.97 Å². The van der Waals surface area contributed by atoms with Gasteiger partial charge in [-0.15, -0.1) is 0 Å². The van der Waals surface area contributed by atoms with Crippen molar-refractivity contribution in [3.8, 4) is 0 Å². The molecule has 0 radical (unpaired) electrons. The van der Waals surface area contributed by atoms with Gasteiger partial charge in [0.15, 0.2) is 0 Å². The van der Waals surface area contributed by atoms with Gasteiger partial charge >= 0.3 is 0 Å². The molecule has 0 aliphatic heterocycles. The molecule has 0 amide bonds. The van der Waals surface area contributed by atoms with Crippen molar-refractivity contribution in [3.63, 3.8) is 0 Å². The van der Waals surface area contributed by atoms with E-state index in [-0.39, 0.29) is 0 Å². The molecule has 2 N–H and O–H groups in total. The zero-order chi connectivity index (χ0) is 12.8. The largest absolute Gasteiger partial charge is 0.370 e. The van der Waals surface area contributed by atoms with Crippen LogP contribution in [0.25, 0.3) is 0 Å². The number of hydrogen-bond acceptors (Lipinski definition) is 4. The summed E-state index contributed by atoms with van der Waals surface area (Å²) in [6, 6.07) is 1.98. The molecule has 1 fully saturated rings. The van der Waals surface area contributed by atoms with Crippen molar-refractivity contribution < 1.29 is 0 Å². The van der Waals surface area contributed by atoms with Crippen molar-refractivity contribution >= 4 is 11.6 Å². The van der Waals surface area contributed by atoms with Gasteiger partial charge in [0.1, 0.15) is 18.0 Å². The lowest BCUT2D eigenvalue weighted by Gasteiger charge is -2.26. The SMILES string of the molecule is CCNc1cc(NCC2CCC(C)CC2)ncn1. The van der Waals surface area contributed by atoms with Gasteiger partial charge < -0.3 is 10.6 Å². The molecule has 0 spiro atoms. The summed E-state index contributed by atoms with van der Waals surface area (Å²) in [5.74, 6) is 3.55. The van der Waals surface area contributed by atoms with E-state index in [9.17, 15) is 0 Å². The van der Waals surface area contributed by atoms with Crippen LogP contribution in [0.4, 0.5) is 11.6 Å². The Bertz CT molecular complexity index is 359. The Balaban J connectivity index is 1.80. The molecule has 1 aromatic heterocycles. The van der Waals surface area contributed by atoms with Gasteiger partial charge in [-0.2, -0.15) is 0 Å². The Morgan fingerprint density at radius 1 is 1.11 bits per heavy atom. The van der Waals surface area contributed by atoms with Gasteiger partial charge in [0.05, 0.1) is 0 Å². The van der Waals surface area contributed by atoms with Gasteiger partial charge in [-0.05, 0) is 31.6 Å². The monoisotopic (exact) mass is 248 g/mol. The van der Waals surface area contributed by atoms with E-state index >= 15 is 0 Å². The maximum absolute atomic E-state index is 4.26. The molecule has 1 aromatic rings. The van der Waals surface area contributed by atoms with E-state index in [0.717, 1.165) is 36.6 Å². The summed E-state index contributed by atoms with van der Waals surface area (Å²) in [6.45, 7) is 6.35. The highest BCUT2D eigenvalue weighted by molar-refractivity contribution is 5.46. The molecule has 0 atom stereocenters. The highest BCUT2D eigenvalue weighted by atomic mass is 15.1. The molecular weight excluding hydrogens is 224 g/mol. The normalized spacial score (nSPS) is 23.7. The Morgan fingerprint density at radius 2 is 1.78 bits per heavy atom. The lowest BCUT2D eigenvalue weighted by molar-refractivity contribution is 0.300. The fourth-order valence-electron chi connectivity index (χ4n) is 2.51. The first-order valence-corrected chi connectivity index (χ1v) is 7.07. The van der Waals surface area contributed by atoms with Gasteiger partial charge in [0.25, 0.3) is 0 Å². The first kappa shape index (κ1) is 13.1. The highest BCUT2D eigenvalue weighted by Crippen LogP contribution is 2.28. The van der Waals surface area contributed by atoms with Gasteiger partial charge in [0.2, 0.25) is 0 Å². The number of anilines is 2. The van der Waals surface area contributed by atoms with Crippen LogP contribution in [0.3, 0.4) is 0 Å². The minimum atomic E-state index is 0.804. The lowest BCUT2D eigenvalue weighted by atomic mass is 9.83. The van der Waals surface area contributed by atoms with E-state index in [1.54, 1.807) is 6.33 Å². The lowest BCUT2D eigenvalue weighted by Crippen LogP contribution is -2.20. The number of rotatable bonds is 5. The van der Waals surface area contributed by atoms with Gasteiger partial charge in [0, 0.05) is 19.2 Å². The third-order valence-corrected chi connectivity index (χ3v) is 3.73. The first-order chi connectivity index (χ1) is 8.78. The Morgan fingerprint density at radius 3 is 2.44 bits per heavy atom. The standard InChI is InChI=1S/C14H24N4/c1-3-15-13-8-14(18-10-17-13)16-9-12-6-4-11(2)5-7-12/h8,10-12H,3-7,9H2,1-2H3,(H2,15,16,17,18). The van der Waals surface area contributed by atoms with E-state index < -0.39 is 0 Å². The maximum Gasteiger partial charge on any atom is 0.131 e. The maximum atomic E-state index is 4.26. The quantitative estimate of drug-likeness (QED) is 0.840. The van der Waals surface area contributed by atoms with E-state index in [4.69, 9.17) is 0 Å². The van der Waals surface area contributed by atoms with Crippen molar-refractivity contribution in [2.75, 3.05) is 23.7 Å². The summed E-state index contributed by atoms with van der Waals surface area (Å²) in [5, 5.41) is 6.64. The van der Waals surface area contributed by atoms with Crippen molar-refractivity contribution in [3.05, 3.63) is 12.4 Å². The fourth-order valence-corrected chi connectivity index (χ4v) is 2.51. The zero-order valence-electron chi connectivity index (χ0n) is 11.4. The summed E-state index contributed by atoms with van der Waals surface area (Å²) in [6.07, 6.45) is 7.05. The minimum absolute atomic E-state index is 0.804. The smallest absolute Gasteiger partial charge is 0.131 e. The molecule has 1 aliphatic carbocycles. The number of aromatic nitrogens is 2. The Kier molecular flexibility index (Phi) is 4.79. The molecule has 0 unspecified atom stereocenters. The molecule has 1 heterocycles. The molecule has 18 heavy (non-hydrogen) atoms.